The first-order valence-corrected chi connectivity index (χ1v) is 7.22. The van der Waals surface area contributed by atoms with E-state index < -0.39 is 5.91 Å². The highest BCUT2D eigenvalue weighted by atomic mass is 16.3. The van der Waals surface area contributed by atoms with Crippen molar-refractivity contribution in [1.82, 2.24) is 20.1 Å². The Morgan fingerprint density at radius 2 is 1.96 bits per heavy atom. The SMILES string of the molecule is CNC(=O)Cn1cnc(NC(=O)c2ccc(-c3ccccc3)o2)n1. The van der Waals surface area contributed by atoms with Crippen LogP contribution < -0.4 is 10.6 Å². The van der Waals surface area contributed by atoms with Crippen LogP contribution in [0.3, 0.4) is 0 Å². The Balaban J connectivity index is 1.67. The Labute approximate surface area is 137 Å². The van der Waals surface area contributed by atoms with Crippen LogP contribution in [0.4, 0.5) is 5.95 Å². The van der Waals surface area contributed by atoms with E-state index >= 15 is 0 Å². The summed E-state index contributed by atoms with van der Waals surface area (Å²) in [5.41, 5.74) is 0.879. The van der Waals surface area contributed by atoms with E-state index in [0.29, 0.717) is 5.76 Å². The third-order valence-corrected chi connectivity index (χ3v) is 3.23. The summed E-state index contributed by atoms with van der Waals surface area (Å²) in [7, 11) is 1.53. The van der Waals surface area contributed by atoms with E-state index in [2.05, 4.69) is 20.7 Å². The van der Waals surface area contributed by atoms with Gasteiger partial charge >= 0.3 is 0 Å². The van der Waals surface area contributed by atoms with Gasteiger partial charge in [0.1, 0.15) is 18.6 Å². The number of carbonyl (C=O) groups is 2. The maximum Gasteiger partial charge on any atom is 0.293 e. The van der Waals surface area contributed by atoms with Gasteiger partial charge in [-0.05, 0) is 12.1 Å². The second-order valence-corrected chi connectivity index (χ2v) is 4.92. The number of amides is 2. The minimum Gasteiger partial charge on any atom is -0.451 e. The molecule has 0 spiro atoms. The first kappa shape index (κ1) is 15.5. The van der Waals surface area contributed by atoms with Gasteiger partial charge in [0.05, 0.1) is 0 Å². The fraction of sp³-hybridized carbons (Fsp3) is 0.125. The minimum absolute atomic E-state index is 0.0261. The molecule has 8 heteroatoms. The van der Waals surface area contributed by atoms with Crippen LogP contribution in [0.2, 0.25) is 0 Å². The summed E-state index contributed by atoms with van der Waals surface area (Å²) in [6.07, 6.45) is 1.36. The molecule has 0 fully saturated rings. The molecule has 3 rings (SSSR count). The molecule has 2 heterocycles. The topological polar surface area (TPSA) is 102 Å². The lowest BCUT2D eigenvalue weighted by Crippen LogP contribution is -2.23. The number of nitrogens with one attached hydrogen (secondary N) is 2. The van der Waals surface area contributed by atoms with E-state index in [9.17, 15) is 9.59 Å². The number of benzene rings is 1. The number of nitrogens with zero attached hydrogens (tertiary/aromatic N) is 3. The minimum atomic E-state index is -0.463. The van der Waals surface area contributed by atoms with Crippen molar-refractivity contribution >= 4 is 17.8 Å². The molecule has 122 valence electrons. The highest BCUT2D eigenvalue weighted by Crippen LogP contribution is 2.22. The predicted molar refractivity (Wildman–Crippen MR) is 86.2 cm³/mol. The molecule has 2 N–H and O–H groups in total. The second kappa shape index (κ2) is 6.78. The molecule has 0 atom stereocenters. The van der Waals surface area contributed by atoms with Crippen LogP contribution in [0.1, 0.15) is 10.6 Å². The van der Waals surface area contributed by atoms with Crippen molar-refractivity contribution in [3.63, 3.8) is 0 Å². The lowest BCUT2D eigenvalue weighted by molar-refractivity contribution is -0.121. The molecule has 0 aliphatic rings. The quantitative estimate of drug-likeness (QED) is 0.741. The second-order valence-electron chi connectivity index (χ2n) is 4.92. The number of anilines is 1. The Hall–Kier alpha value is -3.42. The third kappa shape index (κ3) is 3.49. The highest BCUT2D eigenvalue weighted by Gasteiger charge is 2.14. The van der Waals surface area contributed by atoms with Crippen molar-refractivity contribution in [3.05, 3.63) is 54.6 Å². The molecule has 24 heavy (non-hydrogen) atoms. The zero-order chi connectivity index (χ0) is 16.9. The molecule has 0 unspecified atom stereocenters. The van der Waals surface area contributed by atoms with Crippen LogP contribution in [-0.2, 0) is 11.3 Å². The van der Waals surface area contributed by atoms with Crippen LogP contribution in [-0.4, -0.2) is 33.6 Å². The average molecular weight is 325 g/mol. The fourth-order valence-electron chi connectivity index (χ4n) is 2.03. The summed E-state index contributed by atoms with van der Waals surface area (Å²) in [6, 6.07) is 12.8. The number of likely N-dealkylation sites (N-methyl/N-ethyl adjacent to an activating group) is 1. The Morgan fingerprint density at radius 3 is 2.71 bits per heavy atom. The van der Waals surface area contributed by atoms with E-state index in [4.69, 9.17) is 4.42 Å². The summed E-state index contributed by atoms with van der Waals surface area (Å²) >= 11 is 0. The van der Waals surface area contributed by atoms with Gasteiger partial charge in [0.25, 0.3) is 5.91 Å². The average Bonchev–Trinajstić information content (AvgIpc) is 3.25. The monoisotopic (exact) mass is 325 g/mol. The van der Waals surface area contributed by atoms with Crippen LogP contribution in [0.5, 0.6) is 0 Å². The van der Waals surface area contributed by atoms with Gasteiger partial charge in [-0.2, -0.15) is 0 Å². The molecule has 0 aliphatic carbocycles. The molecule has 3 aromatic rings. The Kier molecular flexibility index (Phi) is 4.37. The first-order valence-electron chi connectivity index (χ1n) is 7.22. The zero-order valence-electron chi connectivity index (χ0n) is 12.9. The molecule has 0 aliphatic heterocycles. The van der Waals surface area contributed by atoms with Gasteiger partial charge in [-0.15, -0.1) is 5.10 Å². The molecular formula is C16H15N5O3. The maximum atomic E-state index is 12.2. The van der Waals surface area contributed by atoms with Crippen LogP contribution >= 0.6 is 0 Å². The number of hydrogen-bond donors (Lipinski definition) is 2. The molecule has 0 bridgehead atoms. The van der Waals surface area contributed by atoms with Crippen molar-refractivity contribution in [2.45, 2.75) is 6.54 Å². The molecule has 2 amide bonds. The fourth-order valence-corrected chi connectivity index (χ4v) is 2.03. The van der Waals surface area contributed by atoms with E-state index in [0.717, 1.165) is 5.56 Å². The molecule has 0 saturated heterocycles. The van der Waals surface area contributed by atoms with Crippen LogP contribution in [0.25, 0.3) is 11.3 Å². The number of hydrogen-bond acceptors (Lipinski definition) is 5. The van der Waals surface area contributed by atoms with Gasteiger partial charge in [0.15, 0.2) is 5.76 Å². The van der Waals surface area contributed by atoms with Crippen molar-refractivity contribution < 1.29 is 14.0 Å². The van der Waals surface area contributed by atoms with Crippen molar-refractivity contribution in [2.24, 2.45) is 0 Å². The number of aromatic nitrogens is 3. The lowest BCUT2D eigenvalue weighted by Gasteiger charge is -1.99. The molecule has 0 radical (unpaired) electrons. The van der Waals surface area contributed by atoms with Crippen molar-refractivity contribution in [3.8, 4) is 11.3 Å². The summed E-state index contributed by atoms with van der Waals surface area (Å²) < 4.78 is 6.88. The van der Waals surface area contributed by atoms with E-state index in [1.807, 2.05) is 30.3 Å². The zero-order valence-corrected chi connectivity index (χ0v) is 12.9. The molecule has 0 saturated carbocycles. The first-order chi connectivity index (χ1) is 11.7. The summed E-state index contributed by atoms with van der Waals surface area (Å²) in [4.78, 5) is 27.4. The van der Waals surface area contributed by atoms with Gasteiger partial charge in [0.2, 0.25) is 11.9 Å². The predicted octanol–water partition coefficient (Wildman–Crippen LogP) is 1.54. The van der Waals surface area contributed by atoms with E-state index in [1.54, 1.807) is 12.1 Å². The van der Waals surface area contributed by atoms with E-state index in [-0.39, 0.29) is 24.2 Å². The van der Waals surface area contributed by atoms with Crippen molar-refractivity contribution in [1.29, 1.82) is 0 Å². The standard InChI is InChI=1S/C16H15N5O3/c1-17-14(22)9-21-10-18-16(20-21)19-15(23)13-8-7-12(24-13)11-5-3-2-4-6-11/h2-8,10H,9H2,1H3,(H,17,22)(H,19,20,23). The molecule has 1 aromatic carbocycles. The van der Waals surface area contributed by atoms with Crippen LogP contribution in [0.15, 0.2) is 53.2 Å². The molecule has 8 nitrogen and oxygen atoms in total. The maximum absolute atomic E-state index is 12.2. The van der Waals surface area contributed by atoms with Gasteiger partial charge in [0, 0.05) is 12.6 Å². The summed E-state index contributed by atoms with van der Waals surface area (Å²) in [5, 5.41) is 9.00. The lowest BCUT2D eigenvalue weighted by atomic mass is 10.2. The largest absolute Gasteiger partial charge is 0.451 e. The summed E-state index contributed by atoms with van der Waals surface area (Å²) in [5.74, 6) is 0.170. The van der Waals surface area contributed by atoms with Gasteiger partial charge < -0.3 is 9.73 Å². The van der Waals surface area contributed by atoms with Gasteiger partial charge in [-0.3, -0.25) is 14.9 Å². The van der Waals surface area contributed by atoms with Gasteiger partial charge in [-0.1, -0.05) is 30.3 Å². The number of rotatable bonds is 5. The van der Waals surface area contributed by atoms with Crippen LogP contribution in [0, 0.1) is 0 Å². The highest BCUT2D eigenvalue weighted by molar-refractivity contribution is 6.01. The number of carbonyl (C=O) groups excluding carboxylic acids is 2. The number of furan rings is 1. The van der Waals surface area contributed by atoms with Gasteiger partial charge in [-0.25, -0.2) is 9.67 Å². The smallest absolute Gasteiger partial charge is 0.293 e. The Bertz CT molecular complexity index is 853. The molecule has 2 aromatic heterocycles. The normalized spacial score (nSPS) is 10.4. The molecular weight excluding hydrogens is 310 g/mol. The summed E-state index contributed by atoms with van der Waals surface area (Å²) in [6.45, 7) is 0.0261. The van der Waals surface area contributed by atoms with E-state index in [1.165, 1.54) is 18.1 Å². The Morgan fingerprint density at radius 1 is 1.17 bits per heavy atom. The van der Waals surface area contributed by atoms with Crippen molar-refractivity contribution in [2.75, 3.05) is 12.4 Å². The third-order valence-electron chi connectivity index (χ3n) is 3.23.